The first kappa shape index (κ1) is 19.0. The number of carbonyl (C=O) groups excluding carboxylic acids is 2. The van der Waals surface area contributed by atoms with Crippen LogP contribution >= 0.6 is 0 Å². The number of carbonyl (C=O) groups is 2. The van der Waals surface area contributed by atoms with Gasteiger partial charge in [0.25, 0.3) is 0 Å². The van der Waals surface area contributed by atoms with Gasteiger partial charge in [-0.25, -0.2) is 14.3 Å². The molecule has 9 nitrogen and oxygen atoms in total. The number of amides is 3. The maximum Gasteiger partial charge on any atom is 0.345 e. The number of rotatable bonds is 5. The van der Waals surface area contributed by atoms with Gasteiger partial charge in [0.15, 0.2) is 0 Å². The number of piperazine rings is 1. The van der Waals surface area contributed by atoms with Crippen LogP contribution in [0.1, 0.15) is 44.3 Å². The van der Waals surface area contributed by atoms with E-state index in [1.807, 2.05) is 4.90 Å². The Morgan fingerprint density at radius 2 is 1.75 bits per heavy atom. The van der Waals surface area contributed by atoms with Crippen molar-refractivity contribution in [2.24, 2.45) is 5.92 Å². The minimum Gasteiger partial charge on any atom is -0.339 e. The highest BCUT2D eigenvalue weighted by atomic mass is 16.2. The highest BCUT2D eigenvalue weighted by molar-refractivity contribution is 5.80. The third kappa shape index (κ3) is 3.93. The third-order valence-corrected chi connectivity index (χ3v) is 6.19. The highest BCUT2D eigenvalue weighted by Crippen LogP contribution is 2.28. The van der Waals surface area contributed by atoms with Crippen molar-refractivity contribution in [3.05, 3.63) is 16.3 Å². The molecule has 2 fully saturated rings. The van der Waals surface area contributed by atoms with E-state index < -0.39 is 0 Å². The van der Waals surface area contributed by atoms with Crippen molar-refractivity contribution in [2.75, 3.05) is 32.7 Å². The van der Waals surface area contributed by atoms with E-state index in [-0.39, 0.29) is 23.5 Å². The van der Waals surface area contributed by atoms with E-state index in [1.165, 1.54) is 4.68 Å². The van der Waals surface area contributed by atoms with Crippen LogP contribution in [0.2, 0.25) is 0 Å². The summed E-state index contributed by atoms with van der Waals surface area (Å²) in [5, 5.41) is 7.34. The van der Waals surface area contributed by atoms with Crippen LogP contribution in [0, 0.1) is 5.92 Å². The fourth-order valence-electron chi connectivity index (χ4n) is 4.17. The molecular weight excluding hydrogens is 360 g/mol. The number of aromatic nitrogens is 3. The standard InChI is InChI=1S/C19H30N6O3/c26-17(15-5-3-6-15)22-11-13-23(14-12-22)18(27)20-8-4-10-25-19(28)24-9-2-1-7-16(24)21-25/h15H,1-14H2,(H,20,27). The number of aryl methyl sites for hydroxylation is 2. The summed E-state index contributed by atoms with van der Waals surface area (Å²) in [6, 6.07) is -0.0905. The van der Waals surface area contributed by atoms with Gasteiger partial charge in [-0.3, -0.25) is 9.36 Å². The van der Waals surface area contributed by atoms with E-state index in [4.69, 9.17) is 0 Å². The van der Waals surface area contributed by atoms with Gasteiger partial charge in [-0.05, 0) is 32.1 Å². The van der Waals surface area contributed by atoms with Gasteiger partial charge in [0.1, 0.15) is 5.82 Å². The molecule has 0 spiro atoms. The summed E-state index contributed by atoms with van der Waals surface area (Å²) >= 11 is 0. The number of fused-ring (bicyclic) bond motifs is 1. The summed E-state index contributed by atoms with van der Waals surface area (Å²) in [7, 11) is 0. The predicted molar refractivity (Wildman–Crippen MR) is 103 cm³/mol. The lowest BCUT2D eigenvalue weighted by Gasteiger charge is -2.38. The molecule has 3 amide bonds. The lowest BCUT2D eigenvalue weighted by molar-refractivity contribution is -0.139. The molecule has 4 rings (SSSR count). The summed E-state index contributed by atoms with van der Waals surface area (Å²) in [6.07, 6.45) is 6.85. The SMILES string of the molecule is O=C(NCCCn1nc2n(c1=O)CCCC2)N1CCN(C(=O)C2CCC2)CC1. The van der Waals surface area contributed by atoms with Gasteiger partial charge in [0.05, 0.1) is 0 Å². The van der Waals surface area contributed by atoms with E-state index in [2.05, 4.69) is 10.4 Å². The largest absolute Gasteiger partial charge is 0.345 e. The van der Waals surface area contributed by atoms with E-state index >= 15 is 0 Å². The molecule has 3 aliphatic rings. The smallest absolute Gasteiger partial charge is 0.339 e. The van der Waals surface area contributed by atoms with Crippen molar-refractivity contribution >= 4 is 11.9 Å². The highest BCUT2D eigenvalue weighted by Gasteiger charge is 2.31. The maximum absolute atomic E-state index is 12.3. The molecule has 9 heteroatoms. The second-order valence-electron chi connectivity index (χ2n) is 8.06. The molecule has 1 saturated heterocycles. The Labute approximate surface area is 164 Å². The second kappa shape index (κ2) is 8.36. The summed E-state index contributed by atoms with van der Waals surface area (Å²) in [5.74, 6) is 1.37. The zero-order valence-corrected chi connectivity index (χ0v) is 16.4. The van der Waals surface area contributed by atoms with Crippen molar-refractivity contribution in [1.82, 2.24) is 29.5 Å². The lowest BCUT2D eigenvalue weighted by Crippen LogP contribution is -2.54. The van der Waals surface area contributed by atoms with Crippen molar-refractivity contribution in [3.63, 3.8) is 0 Å². The van der Waals surface area contributed by atoms with Crippen LogP contribution in [0.5, 0.6) is 0 Å². The molecule has 1 aliphatic carbocycles. The molecule has 0 atom stereocenters. The molecule has 1 aromatic heterocycles. The van der Waals surface area contributed by atoms with Crippen LogP contribution < -0.4 is 11.0 Å². The zero-order valence-electron chi connectivity index (χ0n) is 16.4. The number of nitrogens with one attached hydrogen (secondary N) is 1. The first-order valence-corrected chi connectivity index (χ1v) is 10.6. The van der Waals surface area contributed by atoms with Gasteiger partial charge in [-0.2, -0.15) is 5.10 Å². The average Bonchev–Trinajstić information content (AvgIpc) is 3.00. The molecular formula is C19H30N6O3. The molecule has 3 heterocycles. The molecule has 1 N–H and O–H groups in total. The Bertz CT molecular complexity index is 773. The Morgan fingerprint density at radius 1 is 1.00 bits per heavy atom. The van der Waals surface area contributed by atoms with E-state index in [1.54, 1.807) is 9.47 Å². The van der Waals surface area contributed by atoms with Gasteiger partial charge in [0.2, 0.25) is 5.91 Å². The molecule has 0 aromatic carbocycles. The van der Waals surface area contributed by atoms with Crippen molar-refractivity contribution in [2.45, 2.75) is 58.0 Å². The maximum atomic E-state index is 12.3. The van der Waals surface area contributed by atoms with Crippen LogP contribution in [0.15, 0.2) is 4.79 Å². The summed E-state index contributed by atoms with van der Waals surface area (Å²) in [5.41, 5.74) is -0.0340. The van der Waals surface area contributed by atoms with Gasteiger partial charge in [-0.1, -0.05) is 6.42 Å². The molecule has 28 heavy (non-hydrogen) atoms. The van der Waals surface area contributed by atoms with Crippen LogP contribution in [0.25, 0.3) is 0 Å². The minimum atomic E-state index is -0.0905. The normalized spacial score (nSPS) is 19.9. The Morgan fingerprint density at radius 3 is 2.43 bits per heavy atom. The van der Waals surface area contributed by atoms with Crippen molar-refractivity contribution in [1.29, 1.82) is 0 Å². The van der Waals surface area contributed by atoms with E-state index in [9.17, 15) is 14.4 Å². The second-order valence-corrected chi connectivity index (χ2v) is 8.06. The van der Waals surface area contributed by atoms with E-state index in [0.717, 1.165) is 50.9 Å². The first-order valence-electron chi connectivity index (χ1n) is 10.6. The van der Waals surface area contributed by atoms with Crippen LogP contribution in [0.4, 0.5) is 4.79 Å². The van der Waals surface area contributed by atoms with Crippen LogP contribution in [0.3, 0.4) is 0 Å². The fourth-order valence-corrected chi connectivity index (χ4v) is 4.17. The quantitative estimate of drug-likeness (QED) is 0.738. The summed E-state index contributed by atoms with van der Waals surface area (Å²) < 4.78 is 3.30. The van der Waals surface area contributed by atoms with E-state index in [0.29, 0.717) is 45.7 Å². The Balaban J connectivity index is 1.17. The monoisotopic (exact) mass is 390 g/mol. The van der Waals surface area contributed by atoms with Gasteiger partial charge in [0, 0.05) is 58.2 Å². The Hall–Kier alpha value is -2.32. The molecule has 0 unspecified atom stereocenters. The number of hydrogen-bond donors (Lipinski definition) is 1. The van der Waals surface area contributed by atoms with Gasteiger partial charge >= 0.3 is 11.7 Å². The molecule has 0 radical (unpaired) electrons. The molecule has 1 saturated carbocycles. The lowest BCUT2D eigenvalue weighted by atomic mass is 9.84. The van der Waals surface area contributed by atoms with Crippen LogP contribution in [-0.2, 0) is 24.3 Å². The topological polar surface area (TPSA) is 92.5 Å². The first-order chi connectivity index (χ1) is 13.6. The van der Waals surface area contributed by atoms with Crippen molar-refractivity contribution < 1.29 is 9.59 Å². The average molecular weight is 390 g/mol. The molecule has 2 aliphatic heterocycles. The van der Waals surface area contributed by atoms with Crippen molar-refractivity contribution in [3.8, 4) is 0 Å². The fraction of sp³-hybridized carbons (Fsp3) is 0.789. The van der Waals surface area contributed by atoms with Gasteiger partial charge < -0.3 is 15.1 Å². The minimum absolute atomic E-state index is 0.0340. The summed E-state index contributed by atoms with van der Waals surface area (Å²) in [4.78, 5) is 40.6. The van der Waals surface area contributed by atoms with Gasteiger partial charge in [-0.15, -0.1) is 0 Å². The molecule has 154 valence electrons. The molecule has 0 bridgehead atoms. The summed E-state index contributed by atoms with van der Waals surface area (Å²) in [6.45, 7) is 4.20. The number of urea groups is 1. The molecule has 1 aromatic rings. The predicted octanol–water partition coefficient (Wildman–Crippen LogP) is 0.425. The number of nitrogens with zero attached hydrogens (tertiary/aromatic N) is 5. The Kier molecular flexibility index (Phi) is 5.68. The van der Waals surface area contributed by atoms with Crippen LogP contribution in [-0.4, -0.2) is 68.8 Å². The third-order valence-electron chi connectivity index (χ3n) is 6.19. The number of hydrogen-bond acceptors (Lipinski definition) is 4. The zero-order chi connectivity index (χ0) is 19.5.